The fourth-order valence-electron chi connectivity index (χ4n) is 3.65. The summed E-state index contributed by atoms with van der Waals surface area (Å²) in [4.78, 5) is 32.5. The summed E-state index contributed by atoms with van der Waals surface area (Å²) >= 11 is 7.64. The Labute approximate surface area is 218 Å². The van der Waals surface area contributed by atoms with Gasteiger partial charge in [0.2, 0.25) is 16.9 Å². The van der Waals surface area contributed by atoms with Gasteiger partial charge in [-0.05, 0) is 60.2 Å². The first-order chi connectivity index (χ1) is 17.5. The van der Waals surface area contributed by atoms with E-state index in [1.807, 2.05) is 30.3 Å². The Balaban J connectivity index is 1.42. The topological polar surface area (TPSA) is 110 Å². The van der Waals surface area contributed by atoms with Gasteiger partial charge in [-0.3, -0.25) is 14.6 Å². The second kappa shape index (κ2) is 12.3. The number of amides is 2. The standard InChI is InChI=1S/C26H25ClN6O2S/c1-17(34)30-26-33-32-24(36-26)10-3-2-6-18-12-22(20-8-4-9-21(27)14-20)25(29-16-18)31-23(35)13-19-7-5-11-28-15-19/h4-5,7-9,11-12,14-16H,2-3,6,10,13H2,1H3,(H,29,31,35)(H,30,33,34). The average Bonchev–Trinajstić information content (AvgIpc) is 3.29. The molecule has 4 rings (SSSR count). The lowest BCUT2D eigenvalue weighted by Crippen LogP contribution is -2.16. The molecule has 0 bridgehead atoms. The average molecular weight is 521 g/mol. The fraction of sp³-hybridized carbons (Fsp3) is 0.231. The van der Waals surface area contributed by atoms with E-state index in [0.717, 1.165) is 52.9 Å². The number of aryl methyl sites for hydroxylation is 2. The van der Waals surface area contributed by atoms with E-state index in [-0.39, 0.29) is 18.2 Å². The third kappa shape index (κ3) is 7.40. The van der Waals surface area contributed by atoms with Crippen molar-refractivity contribution in [1.82, 2.24) is 20.2 Å². The molecule has 0 radical (unpaired) electrons. The Morgan fingerprint density at radius 2 is 1.83 bits per heavy atom. The number of carbonyl (C=O) groups excluding carboxylic acids is 2. The van der Waals surface area contributed by atoms with Gasteiger partial charge in [0.25, 0.3) is 0 Å². The smallest absolute Gasteiger partial charge is 0.230 e. The minimum atomic E-state index is -0.165. The van der Waals surface area contributed by atoms with Crippen LogP contribution in [0.1, 0.15) is 35.9 Å². The molecule has 4 aromatic rings. The molecule has 0 atom stereocenters. The van der Waals surface area contributed by atoms with Crippen LogP contribution in [0.2, 0.25) is 5.02 Å². The third-order valence-corrected chi connectivity index (χ3v) is 6.41. The molecule has 0 unspecified atom stereocenters. The van der Waals surface area contributed by atoms with Gasteiger partial charge in [0, 0.05) is 42.5 Å². The van der Waals surface area contributed by atoms with Crippen molar-refractivity contribution in [2.75, 3.05) is 10.6 Å². The Hall–Kier alpha value is -3.69. The van der Waals surface area contributed by atoms with E-state index < -0.39 is 0 Å². The van der Waals surface area contributed by atoms with Gasteiger partial charge in [-0.1, -0.05) is 41.1 Å². The number of nitrogens with zero attached hydrogens (tertiary/aromatic N) is 4. The highest BCUT2D eigenvalue weighted by atomic mass is 35.5. The summed E-state index contributed by atoms with van der Waals surface area (Å²) in [5.41, 5.74) is 3.59. The monoisotopic (exact) mass is 520 g/mol. The summed E-state index contributed by atoms with van der Waals surface area (Å²) in [7, 11) is 0. The summed E-state index contributed by atoms with van der Waals surface area (Å²) in [6, 6.07) is 13.2. The number of aromatic nitrogens is 4. The van der Waals surface area contributed by atoms with Gasteiger partial charge in [0.15, 0.2) is 0 Å². The second-order valence-corrected chi connectivity index (χ2v) is 9.72. The van der Waals surface area contributed by atoms with E-state index in [0.29, 0.717) is 16.0 Å². The van der Waals surface area contributed by atoms with Crippen molar-refractivity contribution in [3.8, 4) is 11.1 Å². The van der Waals surface area contributed by atoms with Gasteiger partial charge in [0.05, 0.1) is 6.42 Å². The molecule has 2 N–H and O–H groups in total. The predicted molar refractivity (Wildman–Crippen MR) is 142 cm³/mol. The van der Waals surface area contributed by atoms with Gasteiger partial charge in [-0.15, -0.1) is 10.2 Å². The van der Waals surface area contributed by atoms with E-state index in [9.17, 15) is 9.59 Å². The number of carbonyl (C=O) groups is 2. The lowest BCUT2D eigenvalue weighted by molar-refractivity contribution is -0.116. The van der Waals surface area contributed by atoms with Crippen molar-refractivity contribution in [3.63, 3.8) is 0 Å². The zero-order chi connectivity index (χ0) is 25.3. The molecule has 10 heteroatoms. The summed E-state index contributed by atoms with van der Waals surface area (Å²) in [5.74, 6) is 0.175. The molecule has 0 fully saturated rings. The fourth-order valence-corrected chi connectivity index (χ4v) is 4.66. The van der Waals surface area contributed by atoms with Crippen LogP contribution in [0.4, 0.5) is 10.9 Å². The van der Waals surface area contributed by atoms with E-state index >= 15 is 0 Å². The zero-order valence-electron chi connectivity index (χ0n) is 19.7. The van der Waals surface area contributed by atoms with Crippen LogP contribution in [0.3, 0.4) is 0 Å². The minimum absolute atomic E-state index is 0.155. The van der Waals surface area contributed by atoms with Crippen LogP contribution < -0.4 is 10.6 Å². The molecule has 0 saturated carbocycles. The maximum absolute atomic E-state index is 12.7. The molecule has 36 heavy (non-hydrogen) atoms. The molecular formula is C26H25ClN6O2S. The van der Waals surface area contributed by atoms with Crippen molar-refractivity contribution in [1.29, 1.82) is 0 Å². The number of hydrogen-bond donors (Lipinski definition) is 2. The quantitative estimate of drug-likeness (QED) is 0.273. The molecule has 2 amide bonds. The first-order valence-electron chi connectivity index (χ1n) is 11.5. The van der Waals surface area contributed by atoms with Gasteiger partial charge in [-0.2, -0.15) is 0 Å². The third-order valence-electron chi connectivity index (χ3n) is 5.28. The second-order valence-electron chi connectivity index (χ2n) is 8.23. The summed E-state index contributed by atoms with van der Waals surface area (Å²) in [6.07, 6.45) is 8.82. The summed E-state index contributed by atoms with van der Waals surface area (Å²) in [5, 5.41) is 15.7. The number of unbranched alkanes of at least 4 members (excludes halogenated alkanes) is 1. The Morgan fingerprint density at radius 3 is 2.61 bits per heavy atom. The number of halogens is 1. The number of nitrogens with one attached hydrogen (secondary N) is 2. The van der Waals surface area contributed by atoms with E-state index in [4.69, 9.17) is 11.6 Å². The number of anilines is 2. The van der Waals surface area contributed by atoms with Crippen molar-refractivity contribution in [2.24, 2.45) is 0 Å². The normalized spacial score (nSPS) is 10.7. The molecule has 0 aliphatic heterocycles. The van der Waals surface area contributed by atoms with Gasteiger partial charge in [-0.25, -0.2) is 4.98 Å². The Kier molecular flexibility index (Phi) is 8.70. The van der Waals surface area contributed by atoms with Crippen molar-refractivity contribution < 1.29 is 9.59 Å². The molecule has 3 aromatic heterocycles. The van der Waals surface area contributed by atoms with Gasteiger partial charge >= 0.3 is 0 Å². The van der Waals surface area contributed by atoms with E-state index in [2.05, 4.69) is 36.9 Å². The lowest BCUT2D eigenvalue weighted by Gasteiger charge is -2.13. The Morgan fingerprint density at radius 1 is 0.972 bits per heavy atom. The summed E-state index contributed by atoms with van der Waals surface area (Å²) in [6.45, 7) is 1.45. The maximum Gasteiger partial charge on any atom is 0.230 e. The molecule has 8 nitrogen and oxygen atoms in total. The van der Waals surface area contributed by atoms with Crippen LogP contribution in [-0.2, 0) is 28.9 Å². The minimum Gasteiger partial charge on any atom is -0.310 e. The van der Waals surface area contributed by atoms with Crippen LogP contribution in [0.25, 0.3) is 11.1 Å². The lowest BCUT2D eigenvalue weighted by atomic mass is 10.0. The van der Waals surface area contributed by atoms with Crippen LogP contribution >= 0.6 is 22.9 Å². The molecular weight excluding hydrogens is 496 g/mol. The first kappa shape index (κ1) is 25.4. The number of benzene rings is 1. The van der Waals surface area contributed by atoms with Crippen molar-refractivity contribution >= 4 is 45.7 Å². The van der Waals surface area contributed by atoms with E-state index in [1.54, 1.807) is 24.7 Å². The molecule has 0 spiro atoms. The molecule has 0 aliphatic carbocycles. The highest BCUT2D eigenvalue weighted by Crippen LogP contribution is 2.30. The highest BCUT2D eigenvalue weighted by molar-refractivity contribution is 7.15. The van der Waals surface area contributed by atoms with Gasteiger partial charge < -0.3 is 10.6 Å². The van der Waals surface area contributed by atoms with Crippen LogP contribution in [0, 0.1) is 0 Å². The number of rotatable bonds is 10. The SMILES string of the molecule is CC(=O)Nc1nnc(CCCCc2cnc(NC(=O)Cc3cccnc3)c(-c3cccc(Cl)c3)c2)s1. The van der Waals surface area contributed by atoms with E-state index in [1.165, 1.54) is 18.3 Å². The van der Waals surface area contributed by atoms with Gasteiger partial charge in [0.1, 0.15) is 10.8 Å². The first-order valence-corrected chi connectivity index (χ1v) is 12.7. The number of hydrogen-bond acceptors (Lipinski definition) is 7. The van der Waals surface area contributed by atoms with Crippen LogP contribution in [-0.4, -0.2) is 32.0 Å². The molecule has 0 saturated heterocycles. The van der Waals surface area contributed by atoms with Crippen molar-refractivity contribution in [3.05, 3.63) is 82.2 Å². The van der Waals surface area contributed by atoms with Crippen LogP contribution in [0.5, 0.6) is 0 Å². The molecule has 3 heterocycles. The molecule has 184 valence electrons. The highest BCUT2D eigenvalue weighted by Gasteiger charge is 2.13. The van der Waals surface area contributed by atoms with Crippen LogP contribution in [0.15, 0.2) is 61.1 Å². The zero-order valence-corrected chi connectivity index (χ0v) is 21.3. The van der Waals surface area contributed by atoms with Crippen molar-refractivity contribution in [2.45, 2.75) is 39.0 Å². The molecule has 0 aliphatic rings. The summed E-state index contributed by atoms with van der Waals surface area (Å²) < 4.78 is 0. The largest absolute Gasteiger partial charge is 0.310 e. The maximum atomic E-state index is 12.7. The number of pyridine rings is 2. The predicted octanol–water partition coefficient (Wildman–Crippen LogP) is 5.35. The Bertz CT molecular complexity index is 1350. The molecule has 1 aromatic carbocycles.